The van der Waals surface area contributed by atoms with Gasteiger partial charge in [-0.05, 0) is 62.7 Å². The lowest BCUT2D eigenvalue weighted by Gasteiger charge is -2.21. The first kappa shape index (κ1) is 21.1. The number of nitrogen functional groups attached to an aromatic ring is 1. The van der Waals surface area contributed by atoms with E-state index in [1.54, 1.807) is 42.5 Å². The Bertz CT molecular complexity index is 819. The van der Waals surface area contributed by atoms with Crippen LogP contribution in [0.1, 0.15) is 37.9 Å². The second-order valence-electron chi connectivity index (χ2n) is 6.40. The minimum Gasteiger partial charge on any atom is -0.490 e. The van der Waals surface area contributed by atoms with E-state index in [0.29, 0.717) is 34.9 Å². The van der Waals surface area contributed by atoms with Crippen molar-refractivity contribution in [2.75, 3.05) is 19.0 Å². The molecule has 0 fully saturated rings. The Morgan fingerprint density at radius 2 is 1.82 bits per heavy atom. The molecule has 2 rings (SSSR count). The monoisotopic (exact) mass is 385 g/mol. The summed E-state index contributed by atoms with van der Waals surface area (Å²) in [4.78, 5) is 12.4. The zero-order chi connectivity index (χ0) is 20.7. The van der Waals surface area contributed by atoms with Crippen molar-refractivity contribution in [1.29, 1.82) is 5.41 Å². The predicted molar refractivity (Wildman–Crippen MR) is 109 cm³/mol. The number of hydrogen-bond donors (Lipinski definition) is 3. The van der Waals surface area contributed by atoms with Gasteiger partial charge in [0, 0.05) is 11.3 Å². The van der Waals surface area contributed by atoms with Crippen molar-refractivity contribution in [3.8, 4) is 11.5 Å². The second-order valence-corrected chi connectivity index (χ2v) is 6.40. The van der Waals surface area contributed by atoms with Crippen LogP contribution < -0.4 is 20.5 Å². The third-order valence-electron chi connectivity index (χ3n) is 3.91. The fourth-order valence-corrected chi connectivity index (χ4v) is 2.63. The van der Waals surface area contributed by atoms with Gasteiger partial charge in [-0.3, -0.25) is 5.41 Å². The molecule has 0 aromatic heterocycles. The Hall–Kier alpha value is -3.22. The van der Waals surface area contributed by atoms with Gasteiger partial charge in [0.1, 0.15) is 5.84 Å². The number of amidine groups is 1. The lowest BCUT2D eigenvalue weighted by molar-refractivity contribution is -0.141. The van der Waals surface area contributed by atoms with E-state index in [1.165, 1.54) is 7.11 Å². The molecule has 150 valence electrons. The van der Waals surface area contributed by atoms with Crippen molar-refractivity contribution in [3.05, 3.63) is 53.6 Å². The Kier molecular flexibility index (Phi) is 7.26. The number of benzene rings is 2. The molecule has 7 heteroatoms. The molecule has 0 aliphatic carbocycles. The van der Waals surface area contributed by atoms with Crippen molar-refractivity contribution in [2.45, 2.75) is 32.9 Å². The van der Waals surface area contributed by atoms with Crippen LogP contribution in [0.3, 0.4) is 0 Å². The van der Waals surface area contributed by atoms with Crippen LogP contribution in [0.15, 0.2) is 42.5 Å². The number of carbonyl (C=O) groups is 1. The third-order valence-corrected chi connectivity index (χ3v) is 3.91. The summed E-state index contributed by atoms with van der Waals surface area (Å²) in [7, 11) is 1.34. The summed E-state index contributed by atoms with van der Waals surface area (Å²) in [6.45, 7) is 6.24. The van der Waals surface area contributed by atoms with Crippen molar-refractivity contribution >= 4 is 17.5 Å². The van der Waals surface area contributed by atoms with E-state index in [1.807, 2.05) is 20.8 Å². The summed E-state index contributed by atoms with van der Waals surface area (Å²) in [5.41, 5.74) is 7.47. The first-order valence-corrected chi connectivity index (χ1v) is 9.08. The number of nitrogens with two attached hydrogens (primary N) is 1. The highest BCUT2D eigenvalue weighted by Crippen LogP contribution is 2.33. The van der Waals surface area contributed by atoms with Gasteiger partial charge in [-0.1, -0.05) is 6.07 Å². The molecule has 0 aliphatic rings. The van der Waals surface area contributed by atoms with Gasteiger partial charge in [0.05, 0.1) is 19.8 Å². The Labute approximate surface area is 165 Å². The maximum Gasteiger partial charge on any atom is 0.332 e. The molecule has 28 heavy (non-hydrogen) atoms. The fraction of sp³-hybridized carbons (Fsp3) is 0.333. The van der Waals surface area contributed by atoms with Crippen LogP contribution in [0.25, 0.3) is 0 Å². The van der Waals surface area contributed by atoms with E-state index in [-0.39, 0.29) is 11.9 Å². The molecule has 0 saturated carbocycles. The molecular weight excluding hydrogens is 358 g/mol. The fourth-order valence-electron chi connectivity index (χ4n) is 2.63. The van der Waals surface area contributed by atoms with E-state index in [9.17, 15) is 4.79 Å². The summed E-state index contributed by atoms with van der Waals surface area (Å²) in [5, 5.41) is 10.6. The average molecular weight is 385 g/mol. The number of anilines is 1. The molecule has 7 nitrogen and oxygen atoms in total. The molecule has 0 spiro atoms. The molecule has 0 amide bonds. The lowest BCUT2D eigenvalue weighted by Crippen LogP contribution is -2.22. The first-order valence-electron chi connectivity index (χ1n) is 9.08. The standard InChI is InChI=1S/C21H27N3O4/c1-5-27-18-12-15(8-11-17(18)28-13(2)3)19(21(25)26-4)24-16-9-6-14(7-10-16)20(22)23/h6-13,19,24H,5H2,1-4H3,(H3,22,23). The van der Waals surface area contributed by atoms with E-state index in [2.05, 4.69) is 5.32 Å². The minimum atomic E-state index is -0.736. The van der Waals surface area contributed by atoms with E-state index >= 15 is 0 Å². The number of ether oxygens (including phenoxy) is 3. The Balaban J connectivity index is 2.35. The lowest BCUT2D eigenvalue weighted by atomic mass is 10.1. The topological polar surface area (TPSA) is 107 Å². The first-order chi connectivity index (χ1) is 13.3. The Morgan fingerprint density at radius 1 is 1.14 bits per heavy atom. The molecule has 0 saturated heterocycles. The van der Waals surface area contributed by atoms with Gasteiger partial charge in [-0.25, -0.2) is 4.79 Å². The van der Waals surface area contributed by atoms with Gasteiger partial charge in [-0.2, -0.15) is 0 Å². The minimum absolute atomic E-state index is 0.000578. The molecule has 0 radical (unpaired) electrons. The van der Waals surface area contributed by atoms with Crippen LogP contribution in [-0.4, -0.2) is 31.6 Å². The maximum atomic E-state index is 12.4. The molecular formula is C21H27N3O4. The highest BCUT2D eigenvalue weighted by molar-refractivity contribution is 5.95. The zero-order valence-corrected chi connectivity index (χ0v) is 16.6. The van der Waals surface area contributed by atoms with Crippen LogP contribution in [0.5, 0.6) is 11.5 Å². The summed E-state index contributed by atoms with van der Waals surface area (Å²) < 4.78 is 16.4. The smallest absolute Gasteiger partial charge is 0.332 e. The summed E-state index contributed by atoms with van der Waals surface area (Å²) >= 11 is 0. The van der Waals surface area contributed by atoms with Crippen LogP contribution in [0.4, 0.5) is 5.69 Å². The zero-order valence-electron chi connectivity index (χ0n) is 16.6. The van der Waals surface area contributed by atoms with Crippen LogP contribution in [0.2, 0.25) is 0 Å². The number of rotatable bonds is 9. The number of methoxy groups -OCH3 is 1. The summed E-state index contributed by atoms with van der Waals surface area (Å²) in [6.07, 6.45) is -0.000578. The van der Waals surface area contributed by atoms with Crippen molar-refractivity contribution in [2.24, 2.45) is 5.73 Å². The van der Waals surface area contributed by atoms with E-state index < -0.39 is 12.0 Å². The molecule has 4 N–H and O–H groups in total. The van der Waals surface area contributed by atoms with Crippen LogP contribution >= 0.6 is 0 Å². The number of esters is 1. The van der Waals surface area contributed by atoms with Crippen molar-refractivity contribution < 1.29 is 19.0 Å². The molecule has 0 aliphatic heterocycles. The highest BCUT2D eigenvalue weighted by atomic mass is 16.5. The molecule has 2 aromatic rings. The Morgan fingerprint density at radius 3 is 2.36 bits per heavy atom. The predicted octanol–water partition coefficient (Wildman–Crippen LogP) is 3.48. The van der Waals surface area contributed by atoms with E-state index in [0.717, 1.165) is 0 Å². The van der Waals surface area contributed by atoms with Crippen molar-refractivity contribution in [3.63, 3.8) is 0 Å². The maximum absolute atomic E-state index is 12.4. The number of nitrogens with one attached hydrogen (secondary N) is 2. The summed E-state index contributed by atoms with van der Waals surface area (Å²) in [5.74, 6) is 0.736. The molecule has 0 heterocycles. The quantitative estimate of drug-likeness (QED) is 0.347. The third kappa shape index (κ3) is 5.39. The van der Waals surface area contributed by atoms with Gasteiger partial charge >= 0.3 is 5.97 Å². The van der Waals surface area contributed by atoms with Gasteiger partial charge in [-0.15, -0.1) is 0 Å². The molecule has 2 aromatic carbocycles. The van der Waals surface area contributed by atoms with E-state index in [4.69, 9.17) is 25.4 Å². The molecule has 1 unspecified atom stereocenters. The number of hydrogen-bond acceptors (Lipinski definition) is 6. The second kappa shape index (κ2) is 9.64. The molecule has 1 atom stereocenters. The van der Waals surface area contributed by atoms with Gasteiger partial charge in [0.15, 0.2) is 17.5 Å². The van der Waals surface area contributed by atoms with Gasteiger partial charge < -0.3 is 25.3 Å². The van der Waals surface area contributed by atoms with Crippen LogP contribution in [-0.2, 0) is 9.53 Å². The largest absolute Gasteiger partial charge is 0.490 e. The number of carbonyl (C=O) groups excluding carboxylic acids is 1. The van der Waals surface area contributed by atoms with Crippen LogP contribution in [0, 0.1) is 5.41 Å². The average Bonchev–Trinajstić information content (AvgIpc) is 2.67. The summed E-state index contributed by atoms with van der Waals surface area (Å²) in [6, 6.07) is 11.6. The highest BCUT2D eigenvalue weighted by Gasteiger charge is 2.23. The van der Waals surface area contributed by atoms with Crippen molar-refractivity contribution in [1.82, 2.24) is 0 Å². The van der Waals surface area contributed by atoms with Gasteiger partial charge in [0.25, 0.3) is 0 Å². The normalized spacial score (nSPS) is 11.6. The van der Waals surface area contributed by atoms with Gasteiger partial charge in [0.2, 0.25) is 0 Å². The molecule has 0 bridgehead atoms. The SMILES string of the molecule is CCOc1cc(C(Nc2ccc(C(=N)N)cc2)C(=O)OC)ccc1OC(C)C.